The Hall–Kier alpha value is -0.390. The second-order valence-electron chi connectivity index (χ2n) is 3.51. The summed E-state index contributed by atoms with van der Waals surface area (Å²) in [6.07, 6.45) is 5.88. The average molecular weight is 277 g/mol. The van der Waals surface area contributed by atoms with E-state index in [9.17, 15) is 0 Å². The van der Waals surface area contributed by atoms with Crippen molar-refractivity contribution in [1.82, 2.24) is 5.32 Å². The monoisotopic (exact) mass is 275 g/mol. The number of rotatable bonds is 4. The summed E-state index contributed by atoms with van der Waals surface area (Å²) in [5.74, 6) is 2.59. The van der Waals surface area contributed by atoms with E-state index >= 15 is 0 Å². The van der Waals surface area contributed by atoms with Crippen molar-refractivity contribution >= 4 is 34.8 Å². The molecule has 1 atom stereocenters. The number of hydrogen-bond donors (Lipinski definition) is 1. The minimum absolute atomic E-state index is 0.219. The molecule has 16 heavy (non-hydrogen) atoms. The smallest absolute Gasteiger partial charge is 0.0652 e. The van der Waals surface area contributed by atoms with Gasteiger partial charge in [-0.3, -0.25) is 0 Å². The van der Waals surface area contributed by atoms with Gasteiger partial charge in [0, 0.05) is 29.6 Å². The van der Waals surface area contributed by atoms with Crippen molar-refractivity contribution in [2.45, 2.75) is 25.9 Å². The van der Waals surface area contributed by atoms with E-state index in [0.717, 1.165) is 5.56 Å². The van der Waals surface area contributed by atoms with Crippen LogP contribution < -0.4 is 5.32 Å². The van der Waals surface area contributed by atoms with Gasteiger partial charge in [-0.15, -0.1) is 12.3 Å². The Labute approximate surface area is 111 Å². The van der Waals surface area contributed by atoms with Gasteiger partial charge in [0.05, 0.1) is 10.0 Å². The SMILES string of the molecule is C#CCC(C)NCc1c(Cl)ccc(Cl)c1Cl. The predicted octanol–water partition coefficient (Wildman–Crippen LogP) is 4.15. The minimum Gasteiger partial charge on any atom is -0.309 e. The number of nitrogens with one attached hydrogen (secondary N) is 1. The zero-order valence-electron chi connectivity index (χ0n) is 8.86. The molecule has 0 bridgehead atoms. The first-order valence-corrected chi connectivity index (χ1v) is 5.99. The molecule has 0 aliphatic rings. The Morgan fingerprint density at radius 2 is 1.94 bits per heavy atom. The van der Waals surface area contributed by atoms with Crippen LogP contribution in [0.2, 0.25) is 15.1 Å². The van der Waals surface area contributed by atoms with Gasteiger partial charge in [0.15, 0.2) is 0 Å². The molecule has 1 aromatic carbocycles. The van der Waals surface area contributed by atoms with Crippen LogP contribution in [0.15, 0.2) is 12.1 Å². The lowest BCUT2D eigenvalue weighted by atomic mass is 10.2. The summed E-state index contributed by atoms with van der Waals surface area (Å²) in [6.45, 7) is 2.56. The first-order valence-electron chi connectivity index (χ1n) is 4.85. The first kappa shape index (κ1) is 13.7. The molecule has 1 aromatic rings. The van der Waals surface area contributed by atoms with Crippen LogP contribution in [-0.2, 0) is 6.54 Å². The molecule has 1 rings (SSSR count). The van der Waals surface area contributed by atoms with Crippen molar-refractivity contribution in [3.8, 4) is 12.3 Å². The van der Waals surface area contributed by atoms with Crippen LogP contribution in [0.25, 0.3) is 0 Å². The summed E-state index contributed by atoms with van der Waals surface area (Å²) in [6, 6.07) is 3.63. The third kappa shape index (κ3) is 3.57. The van der Waals surface area contributed by atoms with Crippen molar-refractivity contribution in [1.29, 1.82) is 0 Å². The maximum absolute atomic E-state index is 6.06. The van der Waals surface area contributed by atoms with Crippen LogP contribution in [-0.4, -0.2) is 6.04 Å². The second kappa shape index (κ2) is 6.37. The van der Waals surface area contributed by atoms with E-state index < -0.39 is 0 Å². The van der Waals surface area contributed by atoms with Gasteiger partial charge in [-0.05, 0) is 19.1 Å². The number of benzene rings is 1. The Kier molecular flexibility index (Phi) is 5.44. The predicted molar refractivity (Wildman–Crippen MR) is 71.2 cm³/mol. The van der Waals surface area contributed by atoms with E-state index in [1.54, 1.807) is 12.1 Å². The van der Waals surface area contributed by atoms with E-state index in [-0.39, 0.29) is 6.04 Å². The summed E-state index contributed by atoms with van der Waals surface area (Å²) in [5, 5.41) is 4.85. The lowest BCUT2D eigenvalue weighted by Crippen LogP contribution is -2.25. The minimum atomic E-state index is 0.219. The fraction of sp³-hybridized carbons (Fsp3) is 0.333. The van der Waals surface area contributed by atoms with Crippen molar-refractivity contribution in [2.24, 2.45) is 0 Å². The van der Waals surface area contributed by atoms with Gasteiger partial charge in [0.25, 0.3) is 0 Å². The molecule has 4 heteroatoms. The van der Waals surface area contributed by atoms with Gasteiger partial charge >= 0.3 is 0 Å². The van der Waals surface area contributed by atoms with Gasteiger partial charge in [-0.25, -0.2) is 0 Å². The number of halogens is 3. The normalized spacial score (nSPS) is 12.2. The Bertz CT molecular complexity index is 409. The highest BCUT2D eigenvalue weighted by atomic mass is 35.5. The van der Waals surface area contributed by atoms with Crippen LogP contribution >= 0.6 is 34.8 Å². The molecule has 0 heterocycles. The molecular weight excluding hydrogens is 264 g/mol. The van der Waals surface area contributed by atoms with Gasteiger partial charge in [0.1, 0.15) is 0 Å². The quantitative estimate of drug-likeness (QED) is 0.643. The molecule has 0 amide bonds. The van der Waals surface area contributed by atoms with Crippen molar-refractivity contribution in [3.63, 3.8) is 0 Å². The van der Waals surface area contributed by atoms with Crippen molar-refractivity contribution < 1.29 is 0 Å². The Morgan fingerprint density at radius 3 is 2.56 bits per heavy atom. The summed E-state index contributed by atoms with van der Waals surface area (Å²) in [4.78, 5) is 0. The largest absolute Gasteiger partial charge is 0.309 e. The van der Waals surface area contributed by atoms with Crippen molar-refractivity contribution in [3.05, 3.63) is 32.8 Å². The lowest BCUT2D eigenvalue weighted by Gasteiger charge is -2.13. The topological polar surface area (TPSA) is 12.0 Å². The van der Waals surface area contributed by atoms with E-state index in [1.807, 2.05) is 6.92 Å². The summed E-state index contributed by atoms with van der Waals surface area (Å²) >= 11 is 18.0. The highest BCUT2D eigenvalue weighted by molar-refractivity contribution is 6.44. The molecule has 0 fully saturated rings. The maximum atomic E-state index is 6.06. The van der Waals surface area contributed by atoms with Gasteiger partial charge in [0.2, 0.25) is 0 Å². The summed E-state index contributed by atoms with van der Waals surface area (Å²) in [7, 11) is 0. The molecule has 86 valence electrons. The molecule has 0 spiro atoms. The number of terminal acetylenes is 1. The van der Waals surface area contributed by atoms with E-state index in [4.69, 9.17) is 41.2 Å². The Morgan fingerprint density at radius 1 is 1.31 bits per heavy atom. The van der Waals surface area contributed by atoms with Gasteiger partial charge in [-0.1, -0.05) is 34.8 Å². The highest BCUT2D eigenvalue weighted by Crippen LogP contribution is 2.31. The van der Waals surface area contributed by atoms with Crippen LogP contribution in [0, 0.1) is 12.3 Å². The van der Waals surface area contributed by atoms with E-state index in [0.29, 0.717) is 28.0 Å². The molecule has 0 saturated carbocycles. The molecule has 0 radical (unpaired) electrons. The lowest BCUT2D eigenvalue weighted by molar-refractivity contribution is 0.559. The summed E-state index contributed by atoms with van der Waals surface area (Å²) in [5.41, 5.74) is 0.805. The molecule has 1 nitrogen and oxygen atoms in total. The zero-order valence-corrected chi connectivity index (χ0v) is 11.1. The van der Waals surface area contributed by atoms with E-state index in [2.05, 4.69) is 11.2 Å². The van der Waals surface area contributed by atoms with Gasteiger partial charge in [-0.2, -0.15) is 0 Å². The molecule has 1 unspecified atom stereocenters. The molecule has 0 aliphatic heterocycles. The Balaban J connectivity index is 2.74. The molecular formula is C12H12Cl3N. The van der Waals surface area contributed by atoms with E-state index in [1.165, 1.54) is 0 Å². The highest BCUT2D eigenvalue weighted by Gasteiger charge is 2.10. The molecule has 0 saturated heterocycles. The fourth-order valence-corrected chi connectivity index (χ4v) is 1.94. The zero-order chi connectivity index (χ0) is 12.1. The van der Waals surface area contributed by atoms with Crippen LogP contribution in [0.4, 0.5) is 0 Å². The average Bonchev–Trinajstić information content (AvgIpc) is 2.24. The standard InChI is InChI=1S/C12H12Cl3N/c1-3-4-8(2)16-7-9-10(13)5-6-11(14)12(9)15/h1,5-6,8,16H,4,7H2,2H3. The van der Waals surface area contributed by atoms with Crippen LogP contribution in [0.3, 0.4) is 0 Å². The van der Waals surface area contributed by atoms with Crippen LogP contribution in [0.5, 0.6) is 0 Å². The van der Waals surface area contributed by atoms with Gasteiger partial charge < -0.3 is 5.32 Å². The fourth-order valence-electron chi connectivity index (χ4n) is 1.26. The molecule has 0 aliphatic carbocycles. The molecule has 1 N–H and O–H groups in total. The first-order chi connectivity index (χ1) is 7.56. The van der Waals surface area contributed by atoms with Crippen LogP contribution in [0.1, 0.15) is 18.9 Å². The third-order valence-electron chi connectivity index (χ3n) is 2.19. The van der Waals surface area contributed by atoms with Crippen molar-refractivity contribution in [2.75, 3.05) is 0 Å². The number of hydrogen-bond acceptors (Lipinski definition) is 1. The summed E-state index contributed by atoms with van der Waals surface area (Å²) < 4.78 is 0. The second-order valence-corrected chi connectivity index (χ2v) is 4.70. The maximum Gasteiger partial charge on any atom is 0.0652 e. The third-order valence-corrected chi connectivity index (χ3v) is 3.39. The molecule has 0 aromatic heterocycles.